The van der Waals surface area contributed by atoms with Crippen LogP contribution in [0.2, 0.25) is 5.02 Å². The molecule has 106 valence electrons. The summed E-state index contributed by atoms with van der Waals surface area (Å²) in [6, 6.07) is 13.7. The zero-order valence-electron chi connectivity index (χ0n) is 11.2. The Labute approximate surface area is 127 Å². The molecule has 1 aliphatic carbocycles. The molecular formula is C17H13ClFNO. The van der Waals surface area contributed by atoms with Crippen LogP contribution < -0.4 is 0 Å². The van der Waals surface area contributed by atoms with E-state index in [1.807, 2.05) is 24.3 Å². The predicted octanol–water partition coefficient (Wildman–Crippen LogP) is 3.92. The molecular weight excluding hydrogens is 289 g/mol. The molecule has 0 spiro atoms. The Hall–Kier alpha value is -1.89. The molecule has 1 N–H and O–H groups in total. The first-order valence-electron chi connectivity index (χ1n) is 6.71. The summed E-state index contributed by atoms with van der Waals surface area (Å²) >= 11 is 6.04. The summed E-state index contributed by atoms with van der Waals surface area (Å²) in [5, 5.41) is 20.6. The van der Waals surface area contributed by atoms with Crippen LogP contribution in [0.1, 0.15) is 29.2 Å². The second-order valence-corrected chi connectivity index (χ2v) is 5.72. The lowest BCUT2D eigenvalue weighted by Crippen LogP contribution is -2.30. The maximum atomic E-state index is 13.2. The van der Waals surface area contributed by atoms with Crippen LogP contribution in [0.3, 0.4) is 0 Å². The van der Waals surface area contributed by atoms with Crippen molar-refractivity contribution >= 4 is 11.6 Å². The summed E-state index contributed by atoms with van der Waals surface area (Å²) < 4.78 is 13.2. The summed E-state index contributed by atoms with van der Waals surface area (Å²) in [5.74, 6) is -0.464. The van der Waals surface area contributed by atoms with E-state index >= 15 is 0 Å². The van der Waals surface area contributed by atoms with E-state index in [0.29, 0.717) is 12.0 Å². The standard InChI is InChI=1S/C17H13ClFNO/c18-15-9-12(19)5-6-13(15)16(21)17(10-20)8-7-11-3-1-2-4-14(11)17/h1-6,9,16,21H,7-8H2. The Morgan fingerprint density at radius 3 is 2.76 bits per heavy atom. The third-order valence-corrected chi connectivity index (χ3v) is 4.54. The zero-order chi connectivity index (χ0) is 15.0. The van der Waals surface area contributed by atoms with Crippen molar-refractivity contribution in [3.05, 3.63) is 70.0 Å². The van der Waals surface area contributed by atoms with Crippen molar-refractivity contribution < 1.29 is 9.50 Å². The number of hydrogen-bond acceptors (Lipinski definition) is 2. The molecule has 0 amide bonds. The van der Waals surface area contributed by atoms with Gasteiger partial charge in [0.15, 0.2) is 0 Å². The molecule has 2 atom stereocenters. The molecule has 0 fully saturated rings. The number of rotatable bonds is 2. The Kier molecular flexibility index (Phi) is 3.44. The minimum atomic E-state index is -1.08. The van der Waals surface area contributed by atoms with Crippen LogP contribution in [0.5, 0.6) is 0 Å². The highest BCUT2D eigenvalue weighted by molar-refractivity contribution is 6.31. The fraction of sp³-hybridized carbons (Fsp3) is 0.235. The molecule has 0 aliphatic heterocycles. The van der Waals surface area contributed by atoms with Crippen LogP contribution in [-0.4, -0.2) is 5.11 Å². The van der Waals surface area contributed by atoms with Gasteiger partial charge in [0.05, 0.1) is 6.07 Å². The van der Waals surface area contributed by atoms with E-state index in [-0.39, 0.29) is 5.02 Å². The van der Waals surface area contributed by atoms with Gasteiger partial charge in [-0.05, 0) is 36.1 Å². The first-order chi connectivity index (χ1) is 10.1. The first-order valence-corrected chi connectivity index (χ1v) is 7.09. The zero-order valence-corrected chi connectivity index (χ0v) is 11.9. The fourth-order valence-electron chi connectivity index (χ4n) is 3.09. The lowest BCUT2D eigenvalue weighted by Gasteiger charge is -2.29. The third kappa shape index (κ3) is 2.12. The van der Waals surface area contributed by atoms with Gasteiger partial charge in [-0.25, -0.2) is 4.39 Å². The van der Waals surface area contributed by atoms with Crippen molar-refractivity contribution in [3.63, 3.8) is 0 Å². The number of aliphatic hydroxyl groups is 1. The van der Waals surface area contributed by atoms with Gasteiger partial charge in [-0.2, -0.15) is 5.26 Å². The largest absolute Gasteiger partial charge is 0.386 e. The van der Waals surface area contributed by atoms with Crippen LogP contribution >= 0.6 is 11.6 Å². The van der Waals surface area contributed by atoms with Crippen LogP contribution in [0, 0.1) is 17.1 Å². The Morgan fingerprint density at radius 1 is 1.29 bits per heavy atom. The Balaban J connectivity index is 2.11. The molecule has 3 rings (SSSR count). The van der Waals surface area contributed by atoms with Gasteiger partial charge < -0.3 is 5.11 Å². The molecule has 2 nitrogen and oxygen atoms in total. The monoisotopic (exact) mass is 301 g/mol. The van der Waals surface area contributed by atoms with E-state index < -0.39 is 17.3 Å². The Morgan fingerprint density at radius 2 is 2.05 bits per heavy atom. The molecule has 0 heterocycles. The average molecular weight is 302 g/mol. The number of nitrogens with zero attached hydrogens (tertiary/aromatic N) is 1. The van der Waals surface area contributed by atoms with E-state index in [9.17, 15) is 14.8 Å². The molecule has 4 heteroatoms. The van der Waals surface area contributed by atoms with Gasteiger partial charge in [0.1, 0.15) is 17.3 Å². The number of benzene rings is 2. The number of aryl methyl sites for hydroxylation is 1. The number of aliphatic hydroxyl groups excluding tert-OH is 1. The van der Waals surface area contributed by atoms with E-state index in [0.717, 1.165) is 23.6 Å². The third-order valence-electron chi connectivity index (χ3n) is 4.21. The average Bonchev–Trinajstić information content (AvgIpc) is 2.87. The highest BCUT2D eigenvalue weighted by Gasteiger charge is 2.46. The van der Waals surface area contributed by atoms with Crippen molar-refractivity contribution in [1.82, 2.24) is 0 Å². The summed E-state index contributed by atoms with van der Waals surface area (Å²) in [4.78, 5) is 0. The molecule has 2 aromatic carbocycles. The van der Waals surface area contributed by atoms with Gasteiger partial charge in [0.2, 0.25) is 0 Å². The molecule has 2 unspecified atom stereocenters. The van der Waals surface area contributed by atoms with Gasteiger partial charge in [-0.3, -0.25) is 0 Å². The number of halogens is 2. The summed E-state index contributed by atoms with van der Waals surface area (Å²) in [5.41, 5.74) is 1.26. The molecule has 0 saturated carbocycles. The predicted molar refractivity (Wildman–Crippen MR) is 78.4 cm³/mol. The van der Waals surface area contributed by atoms with Crippen molar-refractivity contribution in [2.24, 2.45) is 0 Å². The quantitative estimate of drug-likeness (QED) is 0.913. The minimum Gasteiger partial charge on any atom is -0.386 e. The van der Waals surface area contributed by atoms with E-state index in [2.05, 4.69) is 6.07 Å². The summed E-state index contributed by atoms with van der Waals surface area (Å²) in [6.45, 7) is 0. The van der Waals surface area contributed by atoms with Crippen LogP contribution in [0.15, 0.2) is 42.5 Å². The van der Waals surface area contributed by atoms with E-state index in [1.165, 1.54) is 12.1 Å². The summed E-state index contributed by atoms with van der Waals surface area (Å²) in [7, 11) is 0. The van der Waals surface area contributed by atoms with Gasteiger partial charge >= 0.3 is 0 Å². The normalized spacial score (nSPS) is 21.6. The maximum absolute atomic E-state index is 13.2. The van der Waals surface area contributed by atoms with Gasteiger partial charge in [-0.1, -0.05) is 41.9 Å². The highest BCUT2D eigenvalue weighted by Crippen LogP contribution is 2.48. The number of nitriles is 1. The summed E-state index contributed by atoms with van der Waals surface area (Å²) in [6.07, 6.45) is 0.177. The first kappa shape index (κ1) is 14.1. The topological polar surface area (TPSA) is 44.0 Å². The smallest absolute Gasteiger partial charge is 0.124 e. The minimum absolute atomic E-state index is 0.140. The highest BCUT2D eigenvalue weighted by atomic mass is 35.5. The van der Waals surface area contributed by atoms with E-state index in [4.69, 9.17) is 11.6 Å². The molecule has 0 radical (unpaired) electrons. The lowest BCUT2D eigenvalue weighted by molar-refractivity contribution is 0.111. The second-order valence-electron chi connectivity index (χ2n) is 5.31. The van der Waals surface area contributed by atoms with Gasteiger partial charge in [-0.15, -0.1) is 0 Å². The molecule has 2 aromatic rings. The van der Waals surface area contributed by atoms with Gasteiger partial charge in [0.25, 0.3) is 0 Å². The van der Waals surface area contributed by atoms with Crippen LogP contribution in [0.25, 0.3) is 0 Å². The molecule has 1 aliphatic rings. The molecule has 21 heavy (non-hydrogen) atoms. The van der Waals surface area contributed by atoms with Crippen molar-refractivity contribution in [2.45, 2.75) is 24.4 Å². The van der Waals surface area contributed by atoms with Gasteiger partial charge in [0, 0.05) is 10.6 Å². The molecule has 0 aromatic heterocycles. The molecule has 0 bridgehead atoms. The molecule has 0 saturated heterocycles. The van der Waals surface area contributed by atoms with Crippen LogP contribution in [-0.2, 0) is 11.8 Å². The van der Waals surface area contributed by atoms with Crippen LogP contribution in [0.4, 0.5) is 4.39 Å². The maximum Gasteiger partial charge on any atom is 0.124 e. The Bertz CT molecular complexity index is 740. The SMILES string of the molecule is N#CC1(C(O)c2ccc(F)cc2Cl)CCc2ccccc21. The van der Waals surface area contributed by atoms with E-state index in [1.54, 1.807) is 0 Å². The van der Waals surface area contributed by atoms with Crippen molar-refractivity contribution in [2.75, 3.05) is 0 Å². The number of hydrogen-bond donors (Lipinski definition) is 1. The fourth-order valence-corrected chi connectivity index (χ4v) is 3.36. The lowest BCUT2D eigenvalue weighted by atomic mass is 9.75. The van der Waals surface area contributed by atoms with Crippen molar-refractivity contribution in [1.29, 1.82) is 5.26 Å². The van der Waals surface area contributed by atoms with Crippen molar-refractivity contribution in [3.8, 4) is 6.07 Å². The second kappa shape index (κ2) is 5.14. The number of fused-ring (bicyclic) bond motifs is 1.